The molecule has 0 spiro atoms. The number of carbonyl (C=O) groups is 2. The van der Waals surface area contributed by atoms with Crippen LogP contribution in [0.4, 0.5) is 4.79 Å². The van der Waals surface area contributed by atoms with E-state index in [0.717, 1.165) is 25.0 Å². The minimum Gasteiger partial charge on any atom is -0.394 e. The molecule has 0 aliphatic carbocycles. The molecular weight excluding hydrogens is 306 g/mol. The van der Waals surface area contributed by atoms with Crippen molar-refractivity contribution >= 4 is 23.7 Å². The number of unbranched alkanes of at least 4 members (excludes halogenated alkanes) is 1. The first-order valence-electron chi connectivity index (χ1n) is 7.84. The summed E-state index contributed by atoms with van der Waals surface area (Å²) in [5, 5.41) is 17.7. The van der Waals surface area contributed by atoms with Crippen LogP contribution in [0.1, 0.15) is 25.7 Å². The molecule has 7 nitrogen and oxygen atoms in total. The summed E-state index contributed by atoms with van der Waals surface area (Å²) in [4.78, 5) is 22.9. The lowest BCUT2D eigenvalue weighted by atomic mass is 10.0. The number of ether oxygens (including phenoxy) is 1. The summed E-state index contributed by atoms with van der Waals surface area (Å²) in [6.07, 6.45) is 3.40. The summed E-state index contributed by atoms with van der Waals surface area (Å²) >= 11 is 1.90. The molecule has 0 aromatic heterocycles. The van der Waals surface area contributed by atoms with Gasteiger partial charge in [-0.25, -0.2) is 4.79 Å². The molecule has 126 valence electrons. The number of amides is 3. The van der Waals surface area contributed by atoms with Crippen molar-refractivity contribution in [2.24, 2.45) is 0 Å². The Balaban J connectivity index is 1.49. The SMILES string of the molecule is O=C(CCCCC1SCC2NC(=O)NC21)NCCOCCO. The van der Waals surface area contributed by atoms with Crippen molar-refractivity contribution in [3.05, 3.63) is 0 Å². The Hall–Kier alpha value is -0.990. The maximum atomic E-state index is 11.6. The van der Waals surface area contributed by atoms with E-state index in [-0.39, 0.29) is 30.6 Å². The summed E-state index contributed by atoms with van der Waals surface area (Å²) in [7, 11) is 0. The Kier molecular flexibility index (Phi) is 7.28. The normalized spacial score (nSPS) is 26.4. The lowest BCUT2D eigenvalue weighted by molar-refractivity contribution is -0.121. The number of fused-ring (bicyclic) bond motifs is 1. The van der Waals surface area contributed by atoms with Crippen LogP contribution >= 0.6 is 11.8 Å². The molecule has 2 saturated heterocycles. The third-order valence-electron chi connectivity index (χ3n) is 3.88. The molecule has 22 heavy (non-hydrogen) atoms. The molecule has 0 radical (unpaired) electrons. The van der Waals surface area contributed by atoms with Crippen molar-refractivity contribution in [1.82, 2.24) is 16.0 Å². The average Bonchev–Trinajstić information content (AvgIpc) is 3.03. The van der Waals surface area contributed by atoms with Gasteiger partial charge in [-0.2, -0.15) is 11.8 Å². The van der Waals surface area contributed by atoms with Gasteiger partial charge in [0.1, 0.15) is 0 Å². The molecule has 3 unspecified atom stereocenters. The van der Waals surface area contributed by atoms with Gasteiger partial charge < -0.3 is 25.8 Å². The fourth-order valence-electron chi connectivity index (χ4n) is 2.79. The Morgan fingerprint density at radius 2 is 2.23 bits per heavy atom. The second-order valence-electron chi connectivity index (χ2n) is 5.55. The molecule has 2 aliphatic heterocycles. The van der Waals surface area contributed by atoms with E-state index < -0.39 is 0 Å². The fraction of sp³-hybridized carbons (Fsp3) is 0.857. The van der Waals surface area contributed by atoms with E-state index in [1.165, 1.54) is 0 Å². The second-order valence-corrected chi connectivity index (χ2v) is 6.83. The quantitative estimate of drug-likeness (QED) is 0.329. The van der Waals surface area contributed by atoms with Crippen LogP contribution in [0.25, 0.3) is 0 Å². The van der Waals surface area contributed by atoms with Gasteiger partial charge in [-0.15, -0.1) is 0 Å². The summed E-state index contributed by atoms with van der Waals surface area (Å²) in [5.41, 5.74) is 0. The van der Waals surface area contributed by atoms with Crippen molar-refractivity contribution in [3.63, 3.8) is 0 Å². The number of rotatable bonds is 10. The Morgan fingerprint density at radius 3 is 3.05 bits per heavy atom. The lowest BCUT2D eigenvalue weighted by Gasteiger charge is -2.16. The van der Waals surface area contributed by atoms with E-state index in [4.69, 9.17) is 9.84 Å². The first-order valence-corrected chi connectivity index (χ1v) is 8.89. The van der Waals surface area contributed by atoms with Crippen molar-refractivity contribution in [2.45, 2.75) is 43.0 Å². The molecule has 2 heterocycles. The minimum absolute atomic E-state index is 0.00491. The Morgan fingerprint density at radius 1 is 1.36 bits per heavy atom. The third-order valence-corrected chi connectivity index (χ3v) is 5.39. The summed E-state index contributed by atoms with van der Waals surface area (Å²) in [6.45, 7) is 1.23. The maximum absolute atomic E-state index is 11.6. The van der Waals surface area contributed by atoms with Crippen molar-refractivity contribution < 1.29 is 19.4 Å². The topological polar surface area (TPSA) is 99.7 Å². The highest BCUT2D eigenvalue weighted by molar-refractivity contribution is 8.00. The van der Waals surface area contributed by atoms with Gasteiger partial charge in [-0.05, 0) is 12.8 Å². The van der Waals surface area contributed by atoms with Crippen LogP contribution in [0.15, 0.2) is 0 Å². The van der Waals surface area contributed by atoms with Crippen molar-refractivity contribution in [3.8, 4) is 0 Å². The predicted octanol–water partition coefficient (Wildman–Crippen LogP) is -0.163. The van der Waals surface area contributed by atoms with E-state index in [2.05, 4.69) is 16.0 Å². The number of aliphatic hydroxyl groups excluding tert-OH is 1. The van der Waals surface area contributed by atoms with E-state index in [9.17, 15) is 9.59 Å². The standard InChI is InChI=1S/C14H25N3O4S/c18-6-8-21-7-5-15-12(19)4-2-1-3-11-13-10(9-22-11)16-14(20)17-13/h10-11,13,18H,1-9H2,(H,15,19)(H2,16,17,20). The largest absolute Gasteiger partial charge is 0.394 e. The van der Waals surface area contributed by atoms with Gasteiger partial charge in [0, 0.05) is 24.0 Å². The first-order chi connectivity index (χ1) is 10.7. The van der Waals surface area contributed by atoms with Gasteiger partial charge >= 0.3 is 6.03 Å². The molecule has 2 rings (SSSR count). The summed E-state index contributed by atoms with van der Waals surface area (Å²) in [5.74, 6) is 1.02. The molecule has 0 bridgehead atoms. The zero-order valence-corrected chi connectivity index (χ0v) is 13.5. The van der Waals surface area contributed by atoms with Gasteiger partial charge in [-0.3, -0.25) is 4.79 Å². The monoisotopic (exact) mass is 331 g/mol. The van der Waals surface area contributed by atoms with Gasteiger partial charge in [0.2, 0.25) is 5.91 Å². The summed E-state index contributed by atoms with van der Waals surface area (Å²) < 4.78 is 5.07. The van der Waals surface area contributed by atoms with Crippen LogP contribution in [-0.2, 0) is 9.53 Å². The van der Waals surface area contributed by atoms with Crippen LogP contribution < -0.4 is 16.0 Å². The third kappa shape index (κ3) is 5.33. The highest BCUT2D eigenvalue weighted by atomic mass is 32.2. The smallest absolute Gasteiger partial charge is 0.315 e. The molecule has 2 aliphatic rings. The minimum atomic E-state index is -0.0527. The molecule has 4 N–H and O–H groups in total. The highest BCUT2D eigenvalue weighted by Crippen LogP contribution is 2.33. The first kappa shape index (κ1) is 17.4. The molecule has 3 amide bonds. The van der Waals surface area contributed by atoms with E-state index in [1.54, 1.807) is 0 Å². The van der Waals surface area contributed by atoms with Crippen LogP contribution in [-0.4, -0.2) is 66.5 Å². The van der Waals surface area contributed by atoms with Gasteiger partial charge in [-0.1, -0.05) is 6.42 Å². The number of aliphatic hydroxyl groups is 1. The van der Waals surface area contributed by atoms with Crippen LogP contribution in [0, 0.1) is 0 Å². The Bertz CT molecular complexity index is 383. The van der Waals surface area contributed by atoms with Gasteiger partial charge in [0.15, 0.2) is 0 Å². The molecule has 0 aromatic carbocycles. The fourth-order valence-corrected chi connectivity index (χ4v) is 4.34. The van der Waals surface area contributed by atoms with Crippen LogP contribution in [0.2, 0.25) is 0 Å². The molecule has 0 saturated carbocycles. The van der Waals surface area contributed by atoms with Crippen LogP contribution in [0.5, 0.6) is 0 Å². The number of carbonyl (C=O) groups excluding carboxylic acids is 2. The van der Waals surface area contributed by atoms with Gasteiger partial charge in [0.25, 0.3) is 0 Å². The molecule has 3 atom stereocenters. The van der Waals surface area contributed by atoms with E-state index >= 15 is 0 Å². The highest BCUT2D eigenvalue weighted by Gasteiger charge is 2.42. The van der Waals surface area contributed by atoms with E-state index in [1.807, 2.05) is 11.8 Å². The average molecular weight is 331 g/mol. The number of urea groups is 1. The molecule has 0 aromatic rings. The number of hydrogen-bond acceptors (Lipinski definition) is 5. The van der Waals surface area contributed by atoms with Crippen LogP contribution in [0.3, 0.4) is 0 Å². The summed E-state index contributed by atoms with van der Waals surface area (Å²) in [6, 6.07) is 0.461. The van der Waals surface area contributed by atoms with E-state index in [0.29, 0.717) is 31.4 Å². The molecule has 2 fully saturated rings. The number of hydrogen-bond donors (Lipinski definition) is 4. The van der Waals surface area contributed by atoms with Crippen molar-refractivity contribution in [1.29, 1.82) is 0 Å². The number of nitrogens with one attached hydrogen (secondary N) is 3. The molecule has 8 heteroatoms. The zero-order chi connectivity index (χ0) is 15.8. The van der Waals surface area contributed by atoms with Gasteiger partial charge in [0.05, 0.1) is 31.9 Å². The zero-order valence-electron chi connectivity index (χ0n) is 12.7. The second kappa shape index (κ2) is 9.22. The number of thioether (sulfide) groups is 1. The molecular formula is C14H25N3O4S. The van der Waals surface area contributed by atoms with Crippen molar-refractivity contribution in [2.75, 3.05) is 32.1 Å². The maximum Gasteiger partial charge on any atom is 0.315 e. The lowest BCUT2D eigenvalue weighted by Crippen LogP contribution is -2.36. The Labute approximate surface area is 134 Å². The predicted molar refractivity (Wildman–Crippen MR) is 84.9 cm³/mol.